The highest BCUT2D eigenvalue weighted by molar-refractivity contribution is 7.17. The first kappa shape index (κ1) is 22.0. The van der Waals surface area contributed by atoms with Crippen LogP contribution in [-0.4, -0.2) is 43.5 Å². The summed E-state index contributed by atoms with van der Waals surface area (Å²) < 4.78 is 5.04. The molecule has 0 saturated carbocycles. The minimum Gasteiger partial charge on any atom is -0.465 e. The Morgan fingerprint density at radius 1 is 1.10 bits per heavy atom. The van der Waals surface area contributed by atoms with Gasteiger partial charge >= 0.3 is 5.97 Å². The van der Waals surface area contributed by atoms with Crippen LogP contribution in [0.4, 0.5) is 5.00 Å². The number of amides is 1. The number of rotatable bonds is 6. The van der Waals surface area contributed by atoms with E-state index in [4.69, 9.17) is 4.74 Å². The summed E-state index contributed by atoms with van der Waals surface area (Å²) in [6.07, 6.45) is 8.62. The Bertz CT molecular complexity index is 901. The maximum absolute atomic E-state index is 12.8. The van der Waals surface area contributed by atoms with Gasteiger partial charge in [-0.25, -0.2) is 4.79 Å². The van der Waals surface area contributed by atoms with E-state index in [1.54, 1.807) is 11.3 Å². The van der Waals surface area contributed by atoms with E-state index in [1.165, 1.54) is 24.0 Å². The van der Waals surface area contributed by atoms with E-state index in [2.05, 4.69) is 40.5 Å². The molecule has 4 rings (SSSR count). The average molecular weight is 441 g/mol. The van der Waals surface area contributed by atoms with Crippen LogP contribution >= 0.6 is 11.3 Å². The van der Waals surface area contributed by atoms with Gasteiger partial charge in [0.25, 0.3) is 0 Å². The molecule has 0 unspecified atom stereocenters. The van der Waals surface area contributed by atoms with Crippen molar-refractivity contribution in [2.75, 3.05) is 32.1 Å². The largest absolute Gasteiger partial charge is 0.465 e. The van der Waals surface area contributed by atoms with E-state index < -0.39 is 0 Å². The third kappa shape index (κ3) is 5.55. The Labute approximate surface area is 188 Å². The van der Waals surface area contributed by atoms with Crippen LogP contribution in [0, 0.1) is 5.92 Å². The molecule has 1 amide bonds. The van der Waals surface area contributed by atoms with Gasteiger partial charge in [0.05, 0.1) is 19.2 Å². The Morgan fingerprint density at radius 2 is 1.84 bits per heavy atom. The molecule has 0 bridgehead atoms. The van der Waals surface area contributed by atoms with E-state index in [1.807, 2.05) is 0 Å². The molecule has 2 aromatic rings. The quantitative estimate of drug-likeness (QED) is 0.523. The van der Waals surface area contributed by atoms with Crippen LogP contribution in [0.15, 0.2) is 30.3 Å². The standard InChI is InChI=1S/C25H32N2O3S/c1-30-25(29)23-20-10-6-3-7-11-21(20)31-24(23)26-22(28)17-27-14-12-19(13-15-27)16-18-8-4-2-5-9-18/h2,4-5,8-9,19H,3,6-7,10-17H2,1H3,(H,26,28). The van der Waals surface area contributed by atoms with E-state index in [9.17, 15) is 9.59 Å². The Hall–Kier alpha value is -2.18. The van der Waals surface area contributed by atoms with Gasteiger partial charge < -0.3 is 10.1 Å². The van der Waals surface area contributed by atoms with Crippen LogP contribution in [0.5, 0.6) is 0 Å². The first-order chi connectivity index (χ1) is 15.1. The summed E-state index contributed by atoms with van der Waals surface area (Å²) in [7, 11) is 1.41. The summed E-state index contributed by atoms with van der Waals surface area (Å²) in [5, 5.41) is 3.71. The number of likely N-dealkylation sites (tertiary alicyclic amines) is 1. The molecule has 1 fully saturated rings. The Morgan fingerprint density at radius 3 is 2.58 bits per heavy atom. The van der Waals surface area contributed by atoms with Crippen LogP contribution in [0.2, 0.25) is 0 Å². The number of thiophene rings is 1. The van der Waals surface area contributed by atoms with Crippen LogP contribution in [-0.2, 0) is 28.8 Å². The van der Waals surface area contributed by atoms with Crippen molar-refractivity contribution >= 4 is 28.2 Å². The van der Waals surface area contributed by atoms with Crippen molar-refractivity contribution in [3.05, 3.63) is 51.9 Å². The Kier molecular flexibility index (Phi) is 7.41. The minimum atomic E-state index is -0.337. The lowest BCUT2D eigenvalue weighted by Gasteiger charge is -2.31. The smallest absolute Gasteiger partial charge is 0.341 e. The molecule has 31 heavy (non-hydrogen) atoms. The number of fused-ring (bicyclic) bond motifs is 1. The minimum absolute atomic E-state index is 0.0388. The number of ether oxygens (including phenoxy) is 1. The number of nitrogens with one attached hydrogen (secondary N) is 1. The third-order valence-corrected chi connectivity index (χ3v) is 7.71. The zero-order chi connectivity index (χ0) is 21.6. The van der Waals surface area contributed by atoms with E-state index in [0.717, 1.165) is 63.6 Å². The lowest BCUT2D eigenvalue weighted by molar-refractivity contribution is -0.117. The van der Waals surface area contributed by atoms with Gasteiger partial charge in [-0.05, 0) is 75.1 Å². The normalized spacial score (nSPS) is 17.6. The highest BCUT2D eigenvalue weighted by Crippen LogP contribution is 2.38. The summed E-state index contributed by atoms with van der Waals surface area (Å²) in [5.74, 6) is 0.306. The van der Waals surface area contributed by atoms with E-state index >= 15 is 0 Å². The molecule has 1 aliphatic carbocycles. The van der Waals surface area contributed by atoms with Crippen molar-refractivity contribution in [2.45, 2.75) is 51.4 Å². The lowest BCUT2D eigenvalue weighted by Crippen LogP contribution is -2.39. The molecule has 166 valence electrons. The highest BCUT2D eigenvalue weighted by Gasteiger charge is 2.27. The number of aryl methyl sites for hydroxylation is 1. The molecule has 1 saturated heterocycles. The number of methoxy groups -OCH3 is 1. The Balaban J connectivity index is 1.34. The maximum Gasteiger partial charge on any atom is 0.341 e. The molecule has 0 spiro atoms. The van der Waals surface area contributed by atoms with Crippen molar-refractivity contribution in [1.82, 2.24) is 4.90 Å². The fourth-order valence-corrected chi connectivity index (χ4v) is 6.11. The first-order valence-corrected chi connectivity index (χ1v) is 12.2. The molecule has 1 aliphatic heterocycles. The van der Waals surface area contributed by atoms with Gasteiger partial charge in [0.2, 0.25) is 5.91 Å². The van der Waals surface area contributed by atoms with Gasteiger partial charge in [0.15, 0.2) is 0 Å². The zero-order valence-electron chi connectivity index (χ0n) is 18.3. The number of anilines is 1. The molecule has 0 atom stereocenters. The molecule has 6 heteroatoms. The van der Waals surface area contributed by atoms with Gasteiger partial charge in [-0.15, -0.1) is 11.3 Å². The molecule has 2 heterocycles. The second-order valence-corrected chi connectivity index (χ2v) is 9.82. The summed E-state index contributed by atoms with van der Waals surface area (Å²) >= 11 is 1.56. The summed E-state index contributed by atoms with van der Waals surface area (Å²) in [4.78, 5) is 28.7. The second kappa shape index (κ2) is 10.4. The third-order valence-electron chi connectivity index (χ3n) is 6.51. The number of hydrogen-bond acceptors (Lipinski definition) is 5. The van der Waals surface area contributed by atoms with Crippen LogP contribution < -0.4 is 5.32 Å². The number of carbonyl (C=O) groups excluding carboxylic acids is 2. The molecule has 1 aromatic carbocycles. The van der Waals surface area contributed by atoms with Gasteiger partial charge in [-0.1, -0.05) is 36.8 Å². The van der Waals surface area contributed by atoms with E-state index in [-0.39, 0.29) is 11.9 Å². The predicted octanol–water partition coefficient (Wildman–Crippen LogP) is 4.70. The molecule has 1 aromatic heterocycles. The van der Waals surface area contributed by atoms with Gasteiger partial charge in [-0.3, -0.25) is 9.69 Å². The van der Waals surface area contributed by atoms with Gasteiger partial charge in [0.1, 0.15) is 5.00 Å². The fraction of sp³-hybridized carbons (Fsp3) is 0.520. The maximum atomic E-state index is 12.8. The molecular weight excluding hydrogens is 408 g/mol. The lowest BCUT2D eigenvalue weighted by atomic mass is 9.90. The number of piperidine rings is 1. The topological polar surface area (TPSA) is 58.6 Å². The van der Waals surface area contributed by atoms with Crippen LogP contribution in [0.25, 0.3) is 0 Å². The zero-order valence-corrected chi connectivity index (χ0v) is 19.1. The molecule has 1 N–H and O–H groups in total. The first-order valence-electron chi connectivity index (χ1n) is 11.4. The highest BCUT2D eigenvalue weighted by atomic mass is 32.1. The number of esters is 1. The summed E-state index contributed by atoms with van der Waals surface area (Å²) in [6, 6.07) is 10.6. The van der Waals surface area contributed by atoms with E-state index in [0.29, 0.717) is 23.0 Å². The number of hydrogen-bond donors (Lipinski definition) is 1. The predicted molar refractivity (Wildman–Crippen MR) is 125 cm³/mol. The second-order valence-electron chi connectivity index (χ2n) is 8.72. The van der Waals surface area contributed by atoms with Crippen molar-refractivity contribution in [2.24, 2.45) is 5.92 Å². The molecule has 0 radical (unpaired) electrons. The van der Waals surface area contributed by atoms with Crippen LogP contribution in [0.1, 0.15) is 58.5 Å². The van der Waals surface area contributed by atoms with Crippen molar-refractivity contribution in [1.29, 1.82) is 0 Å². The van der Waals surface area contributed by atoms with Crippen molar-refractivity contribution < 1.29 is 14.3 Å². The summed E-state index contributed by atoms with van der Waals surface area (Å²) in [6.45, 7) is 2.26. The molecular formula is C25H32N2O3S. The SMILES string of the molecule is COC(=O)c1c(NC(=O)CN2CCC(Cc3ccccc3)CC2)sc2c1CCCCC2. The van der Waals surface area contributed by atoms with Crippen LogP contribution in [0.3, 0.4) is 0 Å². The monoisotopic (exact) mass is 440 g/mol. The van der Waals surface area contributed by atoms with Crippen molar-refractivity contribution in [3.63, 3.8) is 0 Å². The molecule has 5 nitrogen and oxygen atoms in total. The molecule has 2 aliphatic rings. The average Bonchev–Trinajstić information content (AvgIpc) is 2.95. The van der Waals surface area contributed by atoms with Crippen molar-refractivity contribution in [3.8, 4) is 0 Å². The number of nitrogens with zero attached hydrogens (tertiary/aromatic N) is 1. The fourth-order valence-electron chi connectivity index (χ4n) is 4.81. The summed E-state index contributed by atoms with van der Waals surface area (Å²) in [5.41, 5.74) is 3.07. The van der Waals surface area contributed by atoms with Gasteiger partial charge in [-0.2, -0.15) is 0 Å². The number of carbonyl (C=O) groups is 2. The number of benzene rings is 1. The van der Waals surface area contributed by atoms with Gasteiger partial charge in [0, 0.05) is 4.88 Å².